The maximum Gasteiger partial charge on any atom is 0.305 e. The summed E-state index contributed by atoms with van der Waals surface area (Å²) >= 11 is 1.24. The summed E-state index contributed by atoms with van der Waals surface area (Å²) in [5.41, 5.74) is 6.37. The Morgan fingerprint density at radius 2 is 2.33 bits per heavy atom. The lowest BCUT2D eigenvalue weighted by Gasteiger charge is -2.10. The molecule has 3 nitrogen and oxygen atoms in total. The molecule has 0 aromatic heterocycles. The van der Waals surface area contributed by atoms with Crippen molar-refractivity contribution in [1.29, 1.82) is 0 Å². The standard InChI is InChI=1S/C10H12FNO2S/c1-6-4-7(11)2-3-8(6)15-9(12)5-10(13)14/h2-4,9H,5,12H2,1H3,(H,13,14). The molecule has 0 amide bonds. The number of hydrogen-bond acceptors (Lipinski definition) is 3. The number of halogens is 1. The molecule has 0 heterocycles. The van der Waals surface area contributed by atoms with Crippen LogP contribution in [0.15, 0.2) is 23.1 Å². The van der Waals surface area contributed by atoms with Gasteiger partial charge in [0.15, 0.2) is 0 Å². The zero-order valence-corrected chi connectivity index (χ0v) is 9.05. The number of rotatable bonds is 4. The van der Waals surface area contributed by atoms with Crippen LogP contribution in [0.2, 0.25) is 0 Å². The summed E-state index contributed by atoms with van der Waals surface area (Å²) in [7, 11) is 0. The van der Waals surface area contributed by atoms with Crippen molar-refractivity contribution < 1.29 is 14.3 Å². The fraction of sp³-hybridized carbons (Fsp3) is 0.300. The van der Waals surface area contributed by atoms with Gasteiger partial charge in [-0.2, -0.15) is 0 Å². The monoisotopic (exact) mass is 229 g/mol. The minimum atomic E-state index is -0.935. The van der Waals surface area contributed by atoms with Gasteiger partial charge in [0.05, 0.1) is 11.8 Å². The minimum absolute atomic E-state index is 0.110. The van der Waals surface area contributed by atoms with Gasteiger partial charge in [-0.1, -0.05) is 0 Å². The predicted octanol–water partition coefficient (Wildman–Crippen LogP) is 1.99. The zero-order chi connectivity index (χ0) is 11.4. The molecule has 1 unspecified atom stereocenters. The highest BCUT2D eigenvalue weighted by atomic mass is 32.2. The average molecular weight is 229 g/mol. The smallest absolute Gasteiger partial charge is 0.305 e. The second-order valence-electron chi connectivity index (χ2n) is 3.16. The summed E-state index contributed by atoms with van der Waals surface area (Å²) in [5, 5.41) is 8.01. The van der Waals surface area contributed by atoms with E-state index in [9.17, 15) is 9.18 Å². The number of hydrogen-bond donors (Lipinski definition) is 2. The van der Waals surface area contributed by atoms with Crippen LogP contribution >= 0.6 is 11.8 Å². The maximum absolute atomic E-state index is 12.8. The first-order valence-electron chi connectivity index (χ1n) is 4.39. The Labute approximate surface area is 91.5 Å². The molecule has 0 saturated heterocycles. The third kappa shape index (κ3) is 3.89. The number of carbonyl (C=O) groups is 1. The Morgan fingerprint density at radius 3 is 2.87 bits per heavy atom. The van der Waals surface area contributed by atoms with Crippen molar-refractivity contribution in [3.8, 4) is 0 Å². The summed E-state index contributed by atoms with van der Waals surface area (Å²) in [6, 6.07) is 4.34. The molecule has 15 heavy (non-hydrogen) atoms. The molecule has 0 spiro atoms. The molecular weight excluding hydrogens is 217 g/mol. The minimum Gasteiger partial charge on any atom is -0.481 e. The molecule has 1 rings (SSSR count). The number of nitrogens with two attached hydrogens (primary N) is 1. The van der Waals surface area contributed by atoms with Crippen LogP contribution < -0.4 is 5.73 Å². The second kappa shape index (κ2) is 5.14. The number of aryl methyl sites for hydroxylation is 1. The third-order valence-electron chi connectivity index (χ3n) is 1.79. The summed E-state index contributed by atoms with van der Waals surface area (Å²) in [6.07, 6.45) is -0.110. The lowest BCUT2D eigenvalue weighted by molar-refractivity contribution is -0.136. The average Bonchev–Trinajstić information content (AvgIpc) is 2.08. The first-order chi connectivity index (χ1) is 6.99. The van der Waals surface area contributed by atoms with Crippen LogP contribution in [-0.4, -0.2) is 16.4 Å². The zero-order valence-electron chi connectivity index (χ0n) is 8.24. The van der Waals surface area contributed by atoms with Crippen molar-refractivity contribution in [2.45, 2.75) is 23.6 Å². The van der Waals surface area contributed by atoms with Crippen LogP contribution in [-0.2, 0) is 4.79 Å². The third-order valence-corrected chi connectivity index (χ3v) is 2.97. The van der Waals surface area contributed by atoms with Crippen LogP contribution in [0.5, 0.6) is 0 Å². The van der Waals surface area contributed by atoms with Crippen molar-refractivity contribution in [1.82, 2.24) is 0 Å². The quantitative estimate of drug-likeness (QED) is 0.612. The Kier molecular flexibility index (Phi) is 4.11. The normalized spacial score (nSPS) is 12.5. The van der Waals surface area contributed by atoms with E-state index in [1.807, 2.05) is 0 Å². The van der Waals surface area contributed by atoms with Crippen molar-refractivity contribution in [2.75, 3.05) is 0 Å². The Balaban J connectivity index is 2.68. The molecular formula is C10H12FNO2S. The van der Waals surface area contributed by atoms with Gasteiger partial charge in [-0.05, 0) is 30.7 Å². The SMILES string of the molecule is Cc1cc(F)ccc1SC(N)CC(=O)O. The van der Waals surface area contributed by atoms with Gasteiger partial charge in [0.2, 0.25) is 0 Å². The highest BCUT2D eigenvalue weighted by Crippen LogP contribution is 2.26. The topological polar surface area (TPSA) is 63.3 Å². The number of aliphatic carboxylic acids is 1. The molecule has 0 aliphatic carbocycles. The van der Waals surface area contributed by atoms with E-state index in [0.717, 1.165) is 10.5 Å². The van der Waals surface area contributed by atoms with Crippen LogP contribution in [0, 0.1) is 12.7 Å². The molecule has 1 aromatic carbocycles. The fourth-order valence-corrected chi connectivity index (χ4v) is 2.07. The molecule has 1 atom stereocenters. The molecule has 5 heteroatoms. The van der Waals surface area contributed by atoms with Gasteiger partial charge in [0.1, 0.15) is 5.82 Å². The van der Waals surface area contributed by atoms with Crippen molar-refractivity contribution in [2.24, 2.45) is 5.73 Å². The van der Waals surface area contributed by atoms with Crippen molar-refractivity contribution >= 4 is 17.7 Å². The molecule has 82 valence electrons. The van der Waals surface area contributed by atoms with Crippen LogP contribution in [0.25, 0.3) is 0 Å². The second-order valence-corrected chi connectivity index (χ2v) is 4.45. The number of thioether (sulfide) groups is 1. The molecule has 0 bridgehead atoms. The van der Waals surface area contributed by atoms with Gasteiger partial charge in [-0.15, -0.1) is 11.8 Å². The van der Waals surface area contributed by atoms with E-state index in [4.69, 9.17) is 10.8 Å². The summed E-state index contributed by atoms with van der Waals surface area (Å²) < 4.78 is 12.8. The summed E-state index contributed by atoms with van der Waals surface area (Å²) in [6.45, 7) is 1.76. The lowest BCUT2D eigenvalue weighted by Crippen LogP contribution is -2.19. The molecule has 0 saturated carbocycles. The first kappa shape index (κ1) is 12.0. The summed E-state index contributed by atoms with van der Waals surface area (Å²) in [4.78, 5) is 11.2. The Morgan fingerprint density at radius 1 is 1.67 bits per heavy atom. The van der Waals surface area contributed by atoms with Crippen LogP contribution in [0.1, 0.15) is 12.0 Å². The van der Waals surface area contributed by atoms with Gasteiger partial charge < -0.3 is 10.8 Å². The van der Waals surface area contributed by atoms with Crippen LogP contribution in [0.3, 0.4) is 0 Å². The van der Waals surface area contributed by atoms with Gasteiger partial charge >= 0.3 is 5.97 Å². The van der Waals surface area contributed by atoms with E-state index < -0.39 is 11.3 Å². The van der Waals surface area contributed by atoms with Gasteiger partial charge in [0.25, 0.3) is 0 Å². The van der Waals surface area contributed by atoms with Crippen molar-refractivity contribution in [3.63, 3.8) is 0 Å². The van der Waals surface area contributed by atoms with E-state index in [2.05, 4.69) is 0 Å². The Bertz CT molecular complexity index is 370. The predicted molar refractivity (Wildman–Crippen MR) is 57.2 cm³/mol. The highest BCUT2D eigenvalue weighted by molar-refractivity contribution is 8.00. The molecule has 3 N–H and O–H groups in total. The largest absolute Gasteiger partial charge is 0.481 e. The summed E-state index contributed by atoms with van der Waals surface area (Å²) in [5.74, 6) is -1.24. The van der Waals surface area contributed by atoms with E-state index >= 15 is 0 Å². The van der Waals surface area contributed by atoms with Gasteiger partial charge in [-0.25, -0.2) is 4.39 Å². The van der Waals surface area contributed by atoms with E-state index in [1.54, 1.807) is 13.0 Å². The van der Waals surface area contributed by atoms with E-state index in [0.29, 0.717) is 0 Å². The van der Waals surface area contributed by atoms with E-state index in [1.165, 1.54) is 23.9 Å². The molecule has 1 aromatic rings. The number of carboxylic acid groups (broad SMARTS) is 1. The molecule has 0 fully saturated rings. The first-order valence-corrected chi connectivity index (χ1v) is 5.27. The van der Waals surface area contributed by atoms with Crippen LogP contribution in [0.4, 0.5) is 4.39 Å². The number of benzene rings is 1. The lowest BCUT2D eigenvalue weighted by atomic mass is 10.2. The molecule has 0 aliphatic heterocycles. The Hall–Kier alpha value is -1.07. The van der Waals surface area contributed by atoms with Gasteiger partial charge in [-0.3, -0.25) is 4.79 Å². The van der Waals surface area contributed by atoms with Gasteiger partial charge in [0, 0.05) is 4.90 Å². The number of carboxylic acids is 1. The maximum atomic E-state index is 12.8. The molecule has 0 aliphatic rings. The van der Waals surface area contributed by atoms with E-state index in [-0.39, 0.29) is 12.2 Å². The van der Waals surface area contributed by atoms with Crippen molar-refractivity contribution in [3.05, 3.63) is 29.6 Å². The molecule has 0 radical (unpaired) electrons. The fourth-order valence-electron chi connectivity index (χ4n) is 1.12. The highest BCUT2D eigenvalue weighted by Gasteiger charge is 2.11.